The van der Waals surface area contributed by atoms with Crippen LogP contribution < -0.4 is 15.5 Å². The lowest BCUT2D eigenvalue weighted by molar-refractivity contribution is -0.136. The zero-order valence-electron chi connectivity index (χ0n) is 23.5. The molecule has 0 aliphatic heterocycles. The minimum absolute atomic E-state index is 0.210. The van der Waals surface area contributed by atoms with Gasteiger partial charge in [-0.2, -0.15) is 10.2 Å². The number of nitrogens with one attached hydrogen (secondary N) is 2. The molecule has 2 aromatic carbocycles. The van der Waals surface area contributed by atoms with E-state index < -0.39 is 17.8 Å². The smallest absolute Gasteiger partial charge is 0.341 e. The van der Waals surface area contributed by atoms with Crippen LogP contribution in [0, 0.1) is 5.92 Å². The van der Waals surface area contributed by atoms with Crippen LogP contribution in [0.4, 0.5) is 5.00 Å². The number of rotatable bonds is 8. The fourth-order valence-corrected chi connectivity index (χ4v) is 6.19. The van der Waals surface area contributed by atoms with Gasteiger partial charge in [-0.25, -0.2) is 14.9 Å². The highest BCUT2D eigenvalue weighted by Crippen LogP contribution is 2.40. The third kappa shape index (κ3) is 6.26. The van der Waals surface area contributed by atoms with Gasteiger partial charge in [-0.1, -0.05) is 25.1 Å². The Morgan fingerprint density at radius 1 is 1.12 bits per heavy atom. The molecule has 0 saturated carbocycles. The van der Waals surface area contributed by atoms with E-state index in [1.54, 1.807) is 24.9 Å². The van der Waals surface area contributed by atoms with E-state index in [0.29, 0.717) is 33.5 Å². The topological polar surface area (TPSA) is 124 Å². The molecule has 10 nitrogen and oxygen atoms in total. The summed E-state index contributed by atoms with van der Waals surface area (Å²) in [6, 6.07) is 17.0. The Morgan fingerprint density at radius 2 is 1.88 bits per heavy atom. The number of benzene rings is 2. The molecule has 0 spiro atoms. The Labute approximate surface area is 247 Å². The summed E-state index contributed by atoms with van der Waals surface area (Å²) in [5.74, 6) is -1.22. The van der Waals surface area contributed by atoms with E-state index >= 15 is 0 Å². The van der Waals surface area contributed by atoms with Crippen molar-refractivity contribution in [2.45, 2.75) is 33.1 Å². The summed E-state index contributed by atoms with van der Waals surface area (Å²) >= 11 is 1.32. The molecule has 0 fully saturated rings. The Balaban J connectivity index is 1.34. The molecule has 2 aromatic heterocycles. The molecule has 216 valence electrons. The van der Waals surface area contributed by atoms with Crippen LogP contribution in [0.25, 0.3) is 16.9 Å². The number of carbonyl (C=O) groups excluding carboxylic acids is 3. The fourth-order valence-electron chi connectivity index (χ4n) is 4.80. The second kappa shape index (κ2) is 12.8. The van der Waals surface area contributed by atoms with Gasteiger partial charge in [0, 0.05) is 22.2 Å². The molecule has 2 N–H and O–H groups in total. The maximum atomic E-state index is 12.8. The van der Waals surface area contributed by atoms with E-state index in [1.165, 1.54) is 17.6 Å². The van der Waals surface area contributed by atoms with Crippen LogP contribution in [0.5, 0.6) is 5.75 Å². The van der Waals surface area contributed by atoms with Gasteiger partial charge in [-0.15, -0.1) is 11.3 Å². The molecule has 2 amide bonds. The minimum Gasteiger partial charge on any atom is -0.497 e. The molecular weight excluding hydrogens is 554 g/mol. The number of thiophene rings is 1. The van der Waals surface area contributed by atoms with Crippen molar-refractivity contribution in [1.29, 1.82) is 0 Å². The highest BCUT2D eigenvalue weighted by Gasteiger charge is 2.30. The van der Waals surface area contributed by atoms with Gasteiger partial charge in [0.25, 0.3) is 0 Å². The van der Waals surface area contributed by atoms with Gasteiger partial charge >= 0.3 is 17.8 Å². The summed E-state index contributed by atoms with van der Waals surface area (Å²) in [6.07, 6.45) is 5.70. The first kappa shape index (κ1) is 28.7. The molecule has 1 aliphatic carbocycles. The van der Waals surface area contributed by atoms with Crippen molar-refractivity contribution in [2.75, 3.05) is 19.0 Å². The van der Waals surface area contributed by atoms with Gasteiger partial charge in [-0.05, 0) is 74.1 Å². The molecular formula is C31H31N5O5S. The number of carbonyl (C=O) groups is 3. The first-order valence-electron chi connectivity index (χ1n) is 13.6. The van der Waals surface area contributed by atoms with Crippen LogP contribution in [-0.4, -0.2) is 47.5 Å². The van der Waals surface area contributed by atoms with Crippen molar-refractivity contribution in [2.24, 2.45) is 11.0 Å². The van der Waals surface area contributed by atoms with E-state index in [1.807, 2.05) is 54.6 Å². The van der Waals surface area contributed by atoms with Gasteiger partial charge in [0.05, 0.1) is 31.2 Å². The van der Waals surface area contributed by atoms with Crippen LogP contribution >= 0.6 is 11.3 Å². The summed E-state index contributed by atoms with van der Waals surface area (Å²) in [4.78, 5) is 39.3. The second-order valence-corrected chi connectivity index (χ2v) is 11.0. The zero-order valence-corrected chi connectivity index (χ0v) is 24.4. The van der Waals surface area contributed by atoms with Gasteiger partial charge in [0.1, 0.15) is 16.4 Å². The number of hydrogen-bond donors (Lipinski definition) is 2. The standard InChI is InChI=1S/C31H31N5O5S/c1-4-41-31(39)26-24-15-10-19(2)16-25(24)42-30(26)33-28(37)29(38)34-32-17-21-18-36(22-8-6-5-7-9-22)35-27(21)20-11-13-23(40-3)14-12-20/h5-9,11-14,17-19H,4,10,15-16H2,1-3H3,(H,33,37)(H,34,38). The zero-order chi connectivity index (χ0) is 29.6. The monoisotopic (exact) mass is 585 g/mol. The Bertz CT molecular complexity index is 1630. The predicted octanol–water partition coefficient (Wildman–Crippen LogP) is 5.00. The number of fused-ring (bicyclic) bond motifs is 1. The Hall–Kier alpha value is -4.77. The van der Waals surface area contributed by atoms with Gasteiger partial charge in [0.15, 0.2) is 0 Å². The summed E-state index contributed by atoms with van der Waals surface area (Å²) in [6.45, 7) is 4.09. The van der Waals surface area contributed by atoms with Crippen LogP contribution in [0.2, 0.25) is 0 Å². The van der Waals surface area contributed by atoms with Crippen molar-refractivity contribution in [3.8, 4) is 22.7 Å². The molecule has 1 unspecified atom stereocenters. The molecule has 42 heavy (non-hydrogen) atoms. The number of esters is 1. The van der Waals surface area contributed by atoms with Crippen LogP contribution in [-0.2, 0) is 27.2 Å². The number of nitrogens with zero attached hydrogens (tertiary/aromatic N) is 3. The molecule has 11 heteroatoms. The van der Waals surface area contributed by atoms with Crippen molar-refractivity contribution in [3.63, 3.8) is 0 Å². The predicted molar refractivity (Wildman–Crippen MR) is 161 cm³/mol. The highest BCUT2D eigenvalue weighted by molar-refractivity contribution is 7.17. The van der Waals surface area contributed by atoms with Crippen molar-refractivity contribution in [3.05, 3.63) is 82.4 Å². The van der Waals surface area contributed by atoms with Crippen molar-refractivity contribution in [1.82, 2.24) is 15.2 Å². The summed E-state index contributed by atoms with van der Waals surface area (Å²) in [5.41, 5.74) is 6.44. The minimum atomic E-state index is -0.970. The second-order valence-electron chi connectivity index (χ2n) is 9.87. The maximum absolute atomic E-state index is 12.8. The average Bonchev–Trinajstić information content (AvgIpc) is 3.58. The van der Waals surface area contributed by atoms with Crippen LogP contribution in [0.3, 0.4) is 0 Å². The Kier molecular flexibility index (Phi) is 8.77. The van der Waals surface area contributed by atoms with Crippen LogP contribution in [0.1, 0.15) is 46.6 Å². The molecule has 1 aliphatic rings. The van der Waals surface area contributed by atoms with E-state index in [0.717, 1.165) is 41.0 Å². The number of ether oxygens (including phenoxy) is 2. The van der Waals surface area contributed by atoms with Crippen molar-refractivity contribution < 1.29 is 23.9 Å². The highest BCUT2D eigenvalue weighted by atomic mass is 32.1. The van der Waals surface area contributed by atoms with Gasteiger partial charge in [0.2, 0.25) is 0 Å². The summed E-state index contributed by atoms with van der Waals surface area (Å²) in [7, 11) is 1.60. The molecule has 2 heterocycles. The SMILES string of the molecule is CCOC(=O)c1c(NC(=O)C(=O)NN=Cc2cn(-c3ccccc3)nc2-c2ccc(OC)cc2)sc2c1CCC(C)C2. The van der Waals surface area contributed by atoms with Crippen LogP contribution in [0.15, 0.2) is 65.9 Å². The fraction of sp³-hybridized carbons (Fsp3) is 0.258. The van der Waals surface area contributed by atoms with E-state index in [2.05, 4.69) is 22.8 Å². The summed E-state index contributed by atoms with van der Waals surface area (Å²) < 4.78 is 12.2. The molecule has 5 rings (SSSR count). The molecule has 1 atom stereocenters. The summed E-state index contributed by atoms with van der Waals surface area (Å²) in [5, 5.41) is 11.7. The number of amides is 2. The average molecular weight is 586 g/mol. The first-order valence-corrected chi connectivity index (χ1v) is 14.4. The number of anilines is 1. The van der Waals surface area contributed by atoms with Gasteiger partial charge < -0.3 is 14.8 Å². The number of hydrogen-bond acceptors (Lipinski definition) is 8. The van der Waals surface area contributed by atoms with Crippen molar-refractivity contribution >= 4 is 40.3 Å². The molecule has 0 saturated heterocycles. The number of hydrazone groups is 1. The van der Waals surface area contributed by atoms with E-state index in [9.17, 15) is 14.4 Å². The van der Waals surface area contributed by atoms with E-state index in [4.69, 9.17) is 14.6 Å². The van der Waals surface area contributed by atoms with E-state index in [-0.39, 0.29) is 6.61 Å². The maximum Gasteiger partial charge on any atom is 0.341 e. The lowest BCUT2D eigenvalue weighted by atomic mass is 9.88. The molecule has 4 aromatic rings. The number of para-hydroxylation sites is 1. The first-order chi connectivity index (χ1) is 20.4. The largest absolute Gasteiger partial charge is 0.497 e. The lowest BCUT2D eigenvalue weighted by Gasteiger charge is -2.18. The lowest BCUT2D eigenvalue weighted by Crippen LogP contribution is -2.32. The third-order valence-corrected chi connectivity index (χ3v) is 8.09. The number of aromatic nitrogens is 2. The quantitative estimate of drug-likeness (QED) is 0.130. The number of methoxy groups -OCH3 is 1. The Morgan fingerprint density at radius 3 is 2.60 bits per heavy atom. The van der Waals surface area contributed by atoms with Gasteiger partial charge in [-0.3, -0.25) is 9.59 Å². The molecule has 0 radical (unpaired) electrons. The normalized spacial score (nSPS) is 14.3. The third-order valence-electron chi connectivity index (χ3n) is 6.92. The molecule has 0 bridgehead atoms.